The molecule has 0 saturated heterocycles. The fourth-order valence-electron chi connectivity index (χ4n) is 2.24. The molecule has 0 spiro atoms. The highest BCUT2D eigenvalue weighted by atomic mass is 127. The third kappa shape index (κ3) is 2.63. The summed E-state index contributed by atoms with van der Waals surface area (Å²) in [6, 6.07) is 8.93. The summed E-state index contributed by atoms with van der Waals surface area (Å²) in [4.78, 5) is 0. The topological polar surface area (TPSA) is 12.0 Å². The van der Waals surface area contributed by atoms with Gasteiger partial charge in [0, 0.05) is 9.17 Å². The van der Waals surface area contributed by atoms with Crippen LogP contribution in [0.4, 0.5) is 0 Å². The molecule has 0 aliphatic rings. The lowest BCUT2D eigenvalue weighted by molar-refractivity contribution is 0.701. The number of nitrogens with one attached hydrogen (secondary N) is 1. The maximum Gasteiger partial charge on any atom is 0.0656 e. The second-order valence-electron chi connectivity index (χ2n) is 4.21. The molecule has 0 saturated carbocycles. The largest absolute Gasteiger partial charge is 0.309 e. The van der Waals surface area contributed by atoms with Crippen LogP contribution in [-0.2, 0) is 0 Å². The van der Waals surface area contributed by atoms with E-state index in [-0.39, 0.29) is 6.04 Å². The lowest BCUT2D eigenvalue weighted by Crippen LogP contribution is -2.16. The highest BCUT2D eigenvalue weighted by molar-refractivity contribution is 14.1. The van der Waals surface area contributed by atoms with Crippen molar-refractivity contribution in [3.63, 3.8) is 0 Å². The van der Waals surface area contributed by atoms with Crippen molar-refractivity contribution < 1.29 is 0 Å². The highest BCUT2D eigenvalue weighted by Crippen LogP contribution is 2.38. The number of benzene rings is 1. The van der Waals surface area contributed by atoms with E-state index >= 15 is 0 Å². The van der Waals surface area contributed by atoms with Crippen LogP contribution in [-0.4, -0.2) is 7.05 Å². The molecule has 0 radical (unpaired) electrons. The lowest BCUT2D eigenvalue weighted by Gasteiger charge is -2.14. The molecule has 3 rings (SSSR count). The third-order valence-electron chi connectivity index (χ3n) is 3.10. The minimum absolute atomic E-state index is 0.266. The molecule has 0 aliphatic carbocycles. The summed E-state index contributed by atoms with van der Waals surface area (Å²) < 4.78 is 3.83. The van der Waals surface area contributed by atoms with Gasteiger partial charge >= 0.3 is 0 Å². The van der Waals surface area contributed by atoms with Crippen molar-refractivity contribution in [2.45, 2.75) is 6.04 Å². The van der Waals surface area contributed by atoms with Crippen molar-refractivity contribution in [2.75, 3.05) is 7.05 Å². The summed E-state index contributed by atoms with van der Waals surface area (Å²) in [5.74, 6) is 0. The predicted molar refractivity (Wildman–Crippen MR) is 97.5 cm³/mol. The first-order valence-corrected chi connectivity index (χ1v) is 9.40. The van der Waals surface area contributed by atoms with E-state index in [0.29, 0.717) is 0 Å². The smallest absolute Gasteiger partial charge is 0.0656 e. The standard InChI is InChI=1S/C14H11BrINS2/c1-17-13(8-5-12(16)18-6-8)10-7-19-14-9(10)3-2-4-11(14)15/h2-7,13,17H,1H3. The molecule has 3 aromatic rings. The Morgan fingerprint density at radius 1 is 1.26 bits per heavy atom. The Balaban J connectivity index is 2.14. The van der Waals surface area contributed by atoms with Gasteiger partial charge in [0.15, 0.2) is 0 Å². The Morgan fingerprint density at radius 2 is 2.11 bits per heavy atom. The number of hydrogen-bond acceptors (Lipinski definition) is 3. The molecule has 1 N–H and O–H groups in total. The van der Waals surface area contributed by atoms with E-state index in [1.165, 1.54) is 28.6 Å². The van der Waals surface area contributed by atoms with Gasteiger partial charge in [0.05, 0.1) is 8.93 Å². The van der Waals surface area contributed by atoms with Gasteiger partial charge in [0.1, 0.15) is 0 Å². The van der Waals surface area contributed by atoms with Crippen LogP contribution in [0.1, 0.15) is 17.2 Å². The van der Waals surface area contributed by atoms with Gasteiger partial charge in [-0.3, -0.25) is 0 Å². The van der Waals surface area contributed by atoms with Crippen LogP contribution in [0.5, 0.6) is 0 Å². The molecule has 0 fully saturated rings. The average Bonchev–Trinajstić information content (AvgIpc) is 2.99. The Bertz CT molecular complexity index is 719. The predicted octanol–water partition coefficient (Wildman–Crippen LogP) is 5.64. The monoisotopic (exact) mass is 463 g/mol. The van der Waals surface area contributed by atoms with Crippen LogP contribution in [0.25, 0.3) is 10.1 Å². The van der Waals surface area contributed by atoms with Gasteiger partial charge in [-0.15, -0.1) is 22.7 Å². The first-order chi connectivity index (χ1) is 9.20. The average molecular weight is 464 g/mol. The molecule has 2 aromatic heterocycles. The molecule has 19 heavy (non-hydrogen) atoms. The summed E-state index contributed by atoms with van der Waals surface area (Å²) in [6.45, 7) is 0. The molecule has 0 bridgehead atoms. The van der Waals surface area contributed by atoms with E-state index < -0.39 is 0 Å². The van der Waals surface area contributed by atoms with Crippen LogP contribution >= 0.6 is 61.2 Å². The van der Waals surface area contributed by atoms with Crippen LogP contribution in [0.15, 0.2) is 39.5 Å². The molecular formula is C14H11BrINS2. The maximum absolute atomic E-state index is 3.63. The first-order valence-electron chi connectivity index (χ1n) is 5.77. The van der Waals surface area contributed by atoms with E-state index in [4.69, 9.17) is 0 Å². The zero-order valence-electron chi connectivity index (χ0n) is 10.1. The van der Waals surface area contributed by atoms with E-state index in [0.717, 1.165) is 0 Å². The van der Waals surface area contributed by atoms with Crippen molar-refractivity contribution in [1.82, 2.24) is 5.32 Å². The number of halogens is 2. The molecule has 0 aliphatic heterocycles. The minimum atomic E-state index is 0.266. The Hall–Kier alpha value is 0.0500. The normalized spacial score (nSPS) is 13.0. The van der Waals surface area contributed by atoms with Gasteiger partial charge in [0.25, 0.3) is 0 Å². The Morgan fingerprint density at radius 3 is 2.79 bits per heavy atom. The van der Waals surface area contributed by atoms with Gasteiger partial charge in [-0.1, -0.05) is 12.1 Å². The molecule has 98 valence electrons. The summed E-state index contributed by atoms with van der Waals surface area (Å²) in [7, 11) is 2.02. The van der Waals surface area contributed by atoms with E-state index in [1.807, 2.05) is 7.05 Å². The van der Waals surface area contributed by atoms with Gasteiger partial charge in [-0.25, -0.2) is 0 Å². The van der Waals surface area contributed by atoms with Gasteiger partial charge < -0.3 is 5.32 Å². The molecule has 1 aromatic carbocycles. The highest BCUT2D eigenvalue weighted by Gasteiger charge is 2.18. The molecule has 1 atom stereocenters. The van der Waals surface area contributed by atoms with E-state index in [9.17, 15) is 0 Å². The Labute approximate surface area is 142 Å². The van der Waals surface area contributed by atoms with Gasteiger partial charge in [-0.05, 0) is 85.0 Å². The molecule has 5 heteroatoms. The van der Waals surface area contributed by atoms with Crippen LogP contribution in [0.3, 0.4) is 0 Å². The molecule has 1 unspecified atom stereocenters. The molecule has 2 heterocycles. The fourth-order valence-corrected chi connectivity index (χ4v) is 5.29. The SMILES string of the molecule is CNC(c1csc(I)c1)c1csc2c(Br)cccc12. The third-order valence-corrected chi connectivity index (χ3v) is 6.88. The number of rotatable bonds is 3. The first kappa shape index (κ1) is 14.0. The zero-order chi connectivity index (χ0) is 13.4. The number of fused-ring (bicyclic) bond motifs is 1. The number of hydrogen-bond donors (Lipinski definition) is 1. The van der Waals surface area contributed by atoms with Crippen LogP contribution < -0.4 is 5.32 Å². The minimum Gasteiger partial charge on any atom is -0.309 e. The summed E-state index contributed by atoms with van der Waals surface area (Å²) in [6.07, 6.45) is 0. The van der Waals surface area contributed by atoms with Crippen LogP contribution in [0.2, 0.25) is 0 Å². The second kappa shape index (κ2) is 5.81. The van der Waals surface area contributed by atoms with Crippen molar-refractivity contribution in [3.05, 3.63) is 53.5 Å². The van der Waals surface area contributed by atoms with E-state index in [2.05, 4.69) is 78.9 Å². The van der Waals surface area contributed by atoms with Crippen LogP contribution in [0, 0.1) is 2.88 Å². The summed E-state index contributed by atoms with van der Waals surface area (Å²) in [5, 5.41) is 9.28. The zero-order valence-corrected chi connectivity index (χ0v) is 15.5. The number of thiophene rings is 2. The van der Waals surface area contributed by atoms with Crippen molar-refractivity contribution in [2.24, 2.45) is 0 Å². The fraction of sp³-hybridized carbons (Fsp3) is 0.143. The lowest BCUT2D eigenvalue weighted by atomic mass is 10.0. The summed E-state index contributed by atoms with van der Waals surface area (Å²) >= 11 is 9.60. The molecular weight excluding hydrogens is 453 g/mol. The quantitative estimate of drug-likeness (QED) is 0.495. The molecule has 0 amide bonds. The maximum atomic E-state index is 3.63. The second-order valence-corrected chi connectivity index (χ2v) is 8.75. The summed E-state index contributed by atoms with van der Waals surface area (Å²) in [5.41, 5.74) is 2.70. The van der Waals surface area contributed by atoms with Crippen molar-refractivity contribution in [1.29, 1.82) is 0 Å². The Kier molecular flexibility index (Phi) is 4.28. The van der Waals surface area contributed by atoms with Crippen molar-refractivity contribution in [3.8, 4) is 0 Å². The van der Waals surface area contributed by atoms with Gasteiger partial charge in [-0.2, -0.15) is 0 Å². The van der Waals surface area contributed by atoms with Crippen molar-refractivity contribution >= 4 is 71.3 Å². The molecule has 1 nitrogen and oxygen atoms in total. The van der Waals surface area contributed by atoms with E-state index in [1.54, 1.807) is 22.7 Å². The van der Waals surface area contributed by atoms with Gasteiger partial charge in [0.2, 0.25) is 0 Å².